The van der Waals surface area contributed by atoms with Crippen molar-refractivity contribution in [1.82, 2.24) is 10.2 Å². The molecule has 2 amide bonds. The Morgan fingerprint density at radius 2 is 1.51 bits per heavy atom. The third-order valence-electron chi connectivity index (χ3n) is 12.9. The number of nitrogens with zero attached hydrogens (tertiary/aromatic N) is 1. The summed E-state index contributed by atoms with van der Waals surface area (Å²) in [6.07, 6.45) is 10.6. The van der Waals surface area contributed by atoms with Crippen molar-refractivity contribution < 1.29 is 19.4 Å². The molecule has 7 nitrogen and oxygen atoms in total. The molecule has 0 spiro atoms. The van der Waals surface area contributed by atoms with Crippen LogP contribution >= 0.6 is 0 Å². The van der Waals surface area contributed by atoms with Gasteiger partial charge in [-0.2, -0.15) is 0 Å². The number of rotatable bonds is 7. The van der Waals surface area contributed by atoms with E-state index in [1.165, 1.54) is 38.5 Å². The molecule has 254 valence electrons. The highest BCUT2D eigenvalue weighted by atomic mass is 16.7. The van der Waals surface area contributed by atoms with Gasteiger partial charge in [0, 0.05) is 41.8 Å². The SMILES string of the molecule is CC1C(CN2CC3(C)CC2CC(C)(C)C3)OC(c2ccc(NC(=O)NC34CC5CC(CC(C5)C3)C4)cc2)OC1c1ccc(CO)cc1. The Labute approximate surface area is 281 Å². The molecule has 47 heavy (non-hydrogen) atoms. The number of hydrogen-bond acceptors (Lipinski definition) is 5. The van der Waals surface area contributed by atoms with Crippen molar-refractivity contribution in [2.24, 2.45) is 34.5 Å². The predicted octanol–water partition coefficient (Wildman–Crippen LogP) is 7.96. The van der Waals surface area contributed by atoms with Crippen LogP contribution in [0.1, 0.15) is 115 Å². The van der Waals surface area contributed by atoms with Crippen LogP contribution in [0.25, 0.3) is 0 Å². The Balaban J connectivity index is 0.977. The zero-order valence-electron chi connectivity index (χ0n) is 28.8. The molecule has 3 N–H and O–H groups in total. The second kappa shape index (κ2) is 11.9. The van der Waals surface area contributed by atoms with Crippen LogP contribution in [0.3, 0.4) is 0 Å². The van der Waals surface area contributed by atoms with E-state index in [1.54, 1.807) is 0 Å². The summed E-state index contributed by atoms with van der Waals surface area (Å²) in [6, 6.07) is 16.7. The zero-order valence-corrected chi connectivity index (χ0v) is 28.8. The van der Waals surface area contributed by atoms with Crippen LogP contribution in [0, 0.1) is 34.5 Å². The lowest BCUT2D eigenvalue weighted by atomic mass is 9.53. The molecule has 2 aliphatic heterocycles. The molecular formula is C40H55N3O4. The topological polar surface area (TPSA) is 83.1 Å². The van der Waals surface area contributed by atoms with Gasteiger partial charge in [-0.1, -0.05) is 64.1 Å². The van der Waals surface area contributed by atoms with Crippen molar-refractivity contribution in [3.63, 3.8) is 0 Å². The number of carbonyl (C=O) groups excluding carboxylic acids is 1. The molecule has 0 aromatic heterocycles. The van der Waals surface area contributed by atoms with Crippen molar-refractivity contribution >= 4 is 11.7 Å². The van der Waals surface area contributed by atoms with E-state index < -0.39 is 6.29 Å². The third kappa shape index (κ3) is 6.38. The summed E-state index contributed by atoms with van der Waals surface area (Å²) in [6.45, 7) is 11.6. The maximum Gasteiger partial charge on any atom is 0.319 e. The number of amides is 2. The molecule has 7 heteroatoms. The first-order valence-corrected chi connectivity index (χ1v) is 18.4. The number of benzene rings is 2. The van der Waals surface area contributed by atoms with Gasteiger partial charge in [0.05, 0.1) is 18.8 Å². The Morgan fingerprint density at radius 1 is 0.872 bits per heavy atom. The molecule has 2 heterocycles. The number of carbonyl (C=O) groups is 1. The van der Waals surface area contributed by atoms with Gasteiger partial charge in [0.2, 0.25) is 0 Å². The first kappa shape index (κ1) is 31.8. The molecule has 5 saturated carbocycles. The van der Waals surface area contributed by atoms with E-state index in [4.69, 9.17) is 9.47 Å². The van der Waals surface area contributed by atoms with E-state index in [9.17, 15) is 9.90 Å². The molecule has 7 aliphatic rings. The fraction of sp³-hybridized carbons (Fsp3) is 0.675. The van der Waals surface area contributed by atoms with Crippen molar-refractivity contribution in [2.75, 3.05) is 18.4 Å². The highest BCUT2D eigenvalue weighted by Gasteiger charge is 2.52. The maximum atomic E-state index is 13.2. The van der Waals surface area contributed by atoms with E-state index in [0.717, 1.165) is 72.5 Å². The molecular weight excluding hydrogens is 586 g/mol. The Morgan fingerprint density at radius 3 is 2.15 bits per heavy atom. The minimum atomic E-state index is -0.511. The number of anilines is 1. The average molecular weight is 642 g/mol. The molecule has 2 saturated heterocycles. The van der Waals surface area contributed by atoms with Crippen LogP contribution in [-0.2, 0) is 16.1 Å². The highest BCUT2D eigenvalue weighted by molar-refractivity contribution is 5.89. The fourth-order valence-corrected chi connectivity index (χ4v) is 11.7. The summed E-state index contributed by atoms with van der Waals surface area (Å²) < 4.78 is 13.6. The third-order valence-corrected chi connectivity index (χ3v) is 12.9. The van der Waals surface area contributed by atoms with Crippen LogP contribution in [0.2, 0.25) is 0 Å². The van der Waals surface area contributed by atoms with E-state index in [-0.39, 0.29) is 36.3 Å². The van der Waals surface area contributed by atoms with E-state index in [1.807, 2.05) is 36.4 Å². The van der Waals surface area contributed by atoms with E-state index in [0.29, 0.717) is 16.9 Å². The van der Waals surface area contributed by atoms with Gasteiger partial charge < -0.3 is 25.2 Å². The minimum absolute atomic E-state index is 0.00573. The zero-order chi connectivity index (χ0) is 32.6. The van der Waals surface area contributed by atoms with Crippen molar-refractivity contribution in [2.45, 2.75) is 122 Å². The van der Waals surface area contributed by atoms with Crippen LogP contribution < -0.4 is 10.6 Å². The lowest BCUT2D eigenvalue weighted by molar-refractivity contribution is -0.276. The van der Waals surface area contributed by atoms with Gasteiger partial charge in [0.15, 0.2) is 6.29 Å². The second-order valence-electron chi connectivity index (χ2n) is 17.9. The molecule has 6 unspecified atom stereocenters. The van der Waals surface area contributed by atoms with Crippen LogP contribution in [-0.4, -0.2) is 46.8 Å². The summed E-state index contributed by atoms with van der Waals surface area (Å²) in [4.78, 5) is 15.9. The quantitative estimate of drug-likeness (QED) is 0.286. The Bertz CT molecular complexity index is 1420. The lowest BCUT2D eigenvalue weighted by Gasteiger charge is -2.56. The summed E-state index contributed by atoms with van der Waals surface area (Å²) in [5, 5.41) is 16.2. The van der Waals surface area contributed by atoms with Crippen LogP contribution in [0.5, 0.6) is 0 Å². The number of hydrogen-bond donors (Lipinski definition) is 3. The Hall–Kier alpha value is -2.45. The number of aliphatic hydroxyl groups is 1. The summed E-state index contributed by atoms with van der Waals surface area (Å²) in [5.41, 5.74) is 4.48. The molecule has 6 bridgehead atoms. The average Bonchev–Trinajstić information content (AvgIpc) is 3.24. The standard InChI is InChI=1S/C40H55N3O4/c1-25-34(21-43-24-39(4)20-33(43)19-38(2,3)23-39)46-36(47-35(25)30-7-5-26(22-44)6-8-30)31-9-11-32(12-10-31)41-37(45)42-40-16-27-13-28(17-40)15-29(14-27)18-40/h5-12,25,27-29,33-36,44H,13-24H2,1-4H3,(H2,41,42,45). The molecule has 9 rings (SSSR count). The summed E-state index contributed by atoms with van der Waals surface area (Å²) in [7, 11) is 0. The van der Waals surface area contributed by atoms with Crippen molar-refractivity contribution in [3.8, 4) is 0 Å². The molecule has 5 aliphatic carbocycles. The van der Waals surface area contributed by atoms with Crippen LogP contribution in [0.4, 0.5) is 10.5 Å². The van der Waals surface area contributed by atoms with Gasteiger partial charge in [-0.3, -0.25) is 4.90 Å². The van der Waals surface area contributed by atoms with E-state index >= 15 is 0 Å². The minimum Gasteiger partial charge on any atom is -0.392 e. The molecule has 2 aromatic carbocycles. The van der Waals surface area contributed by atoms with Gasteiger partial charge in [0.25, 0.3) is 0 Å². The largest absolute Gasteiger partial charge is 0.392 e. The molecule has 2 aromatic rings. The molecule has 6 atom stereocenters. The van der Waals surface area contributed by atoms with Gasteiger partial charge in [-0.05, 0) is 110 Å². The predicted molar refractivity (Wildman–Crippen MR) is 184 cm³/mol. The first-order valence-electron chi connectivity index (χ1n) is 18.4. The van der Waals surface area contributed by atoms with Crippen LogP contribution in [0.15, 0.2) is 48.5 Å². The normalized spacial score (nSPS) is 40.4. The molecule has 0 radical (unpaired) electrons. The van der Waals surface area contributed by atoms with Gasteiger partial charge in [-0.25, -0.2) is 4.79 Å². The number of fused-ring (bicyclic) bond motifs is 2. The summed E-state index contributed by atoms with van der Waals surface area (Å²) in [5.74, 6) is 2.53. The number of ether oxygens (including phenoxy) is 2. The molecule has 7 fully saturated rings. The van der Waals surface area contributed by atoms with Crippen molar-refractivity contribution in [3.05, 3.63) is 65.2 Å². The second-order valence-corrected chi connectivity index (χ2v) is 17.9. The maximum absolute atomic E-state index is 13.2. The fourth-order valence-electron chi connectivity index (χ4n) is 11.7. The number of nitrogens with one attached hydrogen (secondary N) is 2. The summed E-state index contributed by atoms with van der Waals surface area (Å²) >= 11 is 0. The Kier molecular flexibility index (Phi) is 8.02. The lowest BCUT2D eigenvalue weighted by Crippen LogP contribution is -2.60. The monoisotopic (exact) mass is 641 g/mol. The van der Waals surface area contributed by atoms with Gasteiger partial charge >= 0.3 is 6.03 Å². The number of likely N-dealkylation sites (tertiary alicyclic amines) is 1. The first-order chi connectivity index (χ1) is 22.5. The smallest absolute Gasteiger partial charge is 0.319 e. The van der Waals surface area contributed by atoms with Crippen molar-refractivity contribution in [1.29, 1.82) is 0 Å². The number of urea groups is 1. The highest BCUT2D eigenvalue weighted by Crippen LogP contribution is 2.56. The number of aliphatic hydroxyl groups excluding tert-OH is 1. The van der Waals surface area contributed by atoms with Gasteiger partial charge in [-0.15, -0.1) is 0 Å². The van der Waals surface area contributed by atoms with E-state index in [2.05, 4.69) is 55.4 Å². The van der Waals surface area contributed by atoms with Gasteiger partial charge in [0.1, 0.15) is 0 Å².